The molecule has 1 aliphatic heterocycles. The van der Waals surface area contributed by atoms with Crippen LogP contribution in [0.5, 0.6) is 5.75 Å². The first kappa shape index (κ1) is 27.5. The second kappa shape index (κ2) is 10.7. The second-order valence-electron chi connectivity index (χ2n) is 10.3. The zero-order valence-corrected chi connectivity index (χ0v) is 21.8. The number of benzene rings is 2. The topological polar surface area (TPSA) is 94.1 Å². The van der Waals surface area contributed by atoms with Gasteiger partial charge in [0.05, 0.1) is 18.8 Å². The summed E-state index contributed by atoms with van der Waals surface area (Å²) in [5.74, 6) is -1.74. The summed E-state index contributed by atoms with van der Waals surface area (Å²) in [6, 6.07) is 8.78. The number of aliphatic hydroxyl groups is 1. The number of nitrogens with one attached hydrogen (secondary N) is 1. The summed E-state index contributed by atoms with van der Waals surface area (Å²) in [6.45, 7) is 3.62. The van der Waals surface area contributed by atoms with Crippen LogP contribution in [0, 0.1) is 5.82 Å². The summed E-state index contributed by atoms with van der Waals surface area (Å²) in [5.41, 5.74) is -0.751. The van der Waals surface area contributed by atoms with E-state index in [-0.39, 0.29) is 25.9 Å². The average molecular weight is 528 g/mol. The molecule has 1 aliphatic carbocycles. The SMILES string of the molecule is COc1ccc(F)cc1C(C)(C)CC(O)(CC1=CC(F)=CCC1OC)C(=O)Nc1ccc2c(c1)COC2=O. The van der Waals surface area contributed by atoms with E-state index in [0.29, 0.717) is 33.7 Å². The van der Waals surface area contributed by atoms with Crippen molar-refractivity contribution in [1.82, 2.24) is 0 Å². The predicted molar refractivity (Wildman–Crippen MR) is 137 cm³/mol. The van der Waals surface area contributed by atoms with E-state index in [0.717, 1.165) is 0 Å². The number of hydrogen-bond acceptors (Lipinski definition) is 6. The maximum absolute atomic E-state index is 14.2. The minimum atomic E-state index is -2.06. The molecule has 2 aromatic rings. The maximum Gasteiger partial charge on any atom is 0.338 e. The van der Waals surface area contributed by atoms with Crippen molar-refractivity contribution in [1.29, 1.82) is 0 Å². The largest absolute Gasteiger partial charge is 0.496 e. The molecule has 2 aliphatic rings. The Labute approximate surface area is 220 Å². The maximum atomic E-state index is 14.2. The molecule has 1 amide bonds. The van der Waals surface area contributed by atoms with Crippen LogP contribution in [0.4, 0.5) is 14.5 Å². The van der Waals surface area contributed by atoms with Gasteiger partial charge in [-0.2, -0.15) is 0 Å². The van der Waals surface area contributed by atoms with Gasteiger partial charge in [-0.1, -0.05) is 13.8 Å². The number of methoxy groups -OCH3 is 2. The third kappa shape index (κ3) is 5.63. The molecule has 0 saturated carbocycles. The molecule has 0 aromatic heterocycles. The Hall–Kier alpha value is -3.56. The van der Waals surface area contributed by atoms with Gasteiger partial charge in [-0.3, -0.25) is 4.79 Å². The molecule has 2 unspecified atom stereocenters. The van der Waals surface area contributed by atoms with Gasteiger partial charge in [0.2, 0.25) is 0 Å². The first-order valence-corrected chi connectivity index (χ1v) is 12.2. The van der Waals surface area contributed by atoms with Crippen LogP contribution in [0.3, 0.4) is 0 Å². The lowest BCUT2D eigenvalue weighted by Gasteiger charge is -2.38. The lowest BCUT2D eigenvalue weighted by atomic mass is 9.72. The quantitative estimate of drug-likeness (QED) is 0.439. The molecule has 38 heavy (non-hydrogen) atoms. The molecule has 0 radical (unpaired) electrons. The van der Waals surface area contributed by atoms with Crippen molar-refractivity contribution in [2.24, 2.45) is 0 Å². The Balaban J connectivity index is 1.70. The number of rotatable bonds is 9. The van der Waals surface area contributed by atoms with Gasteiger partial charge >= 0.3 is 5.97 Å². The van der Waals surface area contributed by atoms with Crippen molar-refractivity contribution >= 4 is 17.6 Å². The van der Waals surface area contributed by atoms with Crippen LogP contribution in [0.15, 0.2) is 60.0 Å². The first-order chi connectivity index (χ1) is 18.0. The molecule has 4 rings (SSSR count). The highest BCUT2D eigenvalue weighted by Crippen LogP contribution is 2.41. The highest BCUT2D eigenvalue weighted by Gasteiger charge is 2.44. The van der Waals surface area contributed by atoms with Crippen LogP contribution in [-0.2, 0) is 26.3 Å². The second-order valence-corrected chi connectivity index (χ2v) is 10.3. The fourth-order valence-corrected chi connectivity index (χ4v) is 5.17. The smallest absolute Gasteiger partial charge is 0.338 e. The van der Waals surface area contributed by atoms with Crippen LogP contribution in [0.25, 0.3) is 0 Å². The van der Waals surface area contributed by atoms with Crippen LogP contribution in [-0.4, -0.2) is 42.9 Å². The summed E-state index contributed by atoms with van der Waals surface area (Å²) < 4.78 is 44.4. The summed E-state index contributed by atoms with van der Waals surface area (Å²) in [5, 5.41) is 14.7. The summed E-state index contributed by atoms with van der Waals surface area (Å²) in [6.07, 6.45) is 2.00. The van der Waals surface area contributed by atoms with Gasteiger partial charge in [-0.05, 0) is 72.4 Å². The monoisotopic (exact) mass is 527 g/mol. The van der Waals surface area contributed by atoms with Crippen molar-refractivity contribution in [2.45, 2.75) is 56.8 Å². The fraction of sp³-hybridized carbons (Fsp3) is 0.379. The van der Waals surface area contributed by atoms with Gasteiger partial charge in [-0.15, -0.1) is 0 Å². The molecule has 2 N–H and O–H groups in total. The Morgan fingerprint density at radius 3 is 2.66 bits per heavy atom. The van der Waals surface area contributed by atoms with Crippen LogP contribution in [0.1, 0.15) is 54.6 Å². The van der Waals surface area contributed by atoms with Crippen molar-refractivity contribution in [3.8, 4) is 5.75 Å². The number of esters is 1. The van der Waals surface area contributed by atoms with E-state index in [1.807, 2.05) is 0 Å². The number of anilines is 1. The highest BCUT2D eigenvalue weighted by molar-refractivity contribution is 5.99. The molecular weight excluding hydrogens is 496 g/mol. The third-order valence-corrected chi connectivity index (χ3v) is 7.03. The Kier molecular flexibility index (Phi) is 7.71. The Bertz CT molecular complexity index is 1320. The number of carbonyl (C=O) groups is 2. The minimum absolute atomic E-state index is 0.0859. The zero-order valence-electron chi connectivity index (χ0n) is 21.8. The number of carbonyl (C=O) groups excluding carboxylic acids is 2. The van der Waals surface area contributed by atoms with E-state index in [2.05, 4.69) is 5.32 Å². The van der Waals surface area contributed by atoms with Crippen molar-refractivity contribution < 1.29 is 37.7 Å². The number of fused-ring (bicyclic) bond motifs is 1. The molecular formula is C29H31F2NO6. The standard InChI is InChI=1S/C29H31F2NO6/c1-28(2,23-13-20(31)6-10-25(23)37-4)16-29(35,14-17-11-19(30)5-9-24(17)36-3)27(34)32-21-7-8-22-18(12-21)15-38-26(22)33/h5-8,10-13,24,35H,9,14-16H2,1-4H3,(H,32,34). The lowest BCUT2D eigenvalue weighted by molar-refractivity contribution is -0.136. The number of amides is 1. The van der Waals surface area contributed by atoms with Gasteiger partial charge in [-0.25, -0.2) is 13.6 Å². The molecule has 9 heteroatoms. The van der Waals surface area contributed by atoms with Crippen LogP contribution < -0.4 is 10.1 Å². The van der Waals surface area contributed by atoms with Gasteiger partial charge < -0.3 is 24.6 Å². The third-order valence-electron chi connectivity index (χ3n) is 7.03. The fourth-order valence-electron chi connectivity index (χ4n) is 5.17. The van der Waals surface area contributed by atoms with Gasteiger partial charge in [0, 0.05) is 30.3 Å². The minimum Gasteiger partial charge on any atom is -0.496 e. The number of halogens is 2. The summed E-state index contributed by atoms with van der Waals surface area (Å²) in [7, 11) is 2.93. The Morgan fingerprint density at radius 2 is 1.95 bits per heavy atom. The number of hydrogen-bond donors (Lipinski definition) is 2. The molecule has 2 atom stereocenters. The molecule has 0 fully saturated rings. The van der Waals surface area contributed by atoms with Gasteiger partial charge in [0.1, 0.15) is 29.6 Å². The molecule has 2 aromatic carbocycles. The van der Waals surface area contributed by atoms with E-state index in [4.69, 9.17) is 14.2 Å². The van der Waals surface area contributed by atoms with E-state index in [1.165, 1.54) is 44.6 Å². The van der Waals surface area contributed by atoms with E-state index >= 15 is 0 Å². The number of ether oxygens (including phenoxy) is 3. The molecule has 7 nitrogen and oxygen atoms in total. The van der Waals surface area contributed by atoms with Crippen molar-refractivity contribution in [2.75, 3.05) is 19.5 Å². The molecule has 202 valence electrons. The van der Waals surface area contributed by atoms with Crippen molar-refractivity contribution in [3.63, 3.8) is 0 Å². The average Bonchev–Trinajstić information content (AvgIpc) is 3.23. The molecule has 0 bridgehead atoms. The van der Waals surface area contributed by atoms with Gasteiger partial charge in [0.25, 0.3) is 5.91 Å². The zero-order chi connectivity index (χ0) is 27.7. The van der Waals surface area contributed by atoms with E-state index in [1.54, 1.807) is 32.0 Å². The predicted octanol–water partition coefficient (Wildman–Crippen LogP) is 5.13. The number of allylic oxidation sites excluding steroid dienone is 2. The summed E-state index contributed by atoms with van der Waals surface area (Å²) >= 11 is 0. The van der Waals surface area contributed by atoms with Crippen LogP contribution >= 0.6 is 0 Å². The lowest BCUT2D eigenvalue weighted by Crippen LogP contribution is -2.48. The van der Waals surface area contributed by atoms with Gasteiger partial charge in [0.15, 0.2) is 0 Å². The van der Waals surface area contributed by atoms with Crippen LogP contribution in [0.2, 0.25) is 0 Å². The Morgan fingerprint density at radius 1 is 1.18 bits per heavy atom. The van der Waals surface area contributed by atoms with Crippen molar-refractivity contribution in [3.05, 3.63) is 82.5 Å². The number of cyclic esters (lactones) is 1. The highest BCUT2D eigenvalue weighted by atomic mass is 19.1. The molecule has 1 heterocycles. The van der Waals surface area contributed by atoms with E-state index < -0.39 is 40.6 Å². The normalized spacial score (nSPS) is 18.6. The first-order valence-electron chi connectivity index (χ1n) is 12.2. The van der Waals surface area contributed by atoms with E-state index in [9.17, 15) is 23.5 Å². The molecule has 0 spiro atoms. The summed E-state index contributed by atoms with van der Waals surface area (Å²) in [4.78, 5) is 25.5. The molecule has 0 saturated heterocycles.